The Morgan fingerprint density at radius 3 is 2.71 bits per heavy atom. The number of nitrogens with zero attached hydrogens (tertiary/aromatic N) is 2. The zero-order chi connectivity index (χ0) is 12.3. The zero-order valence-corrected chi connectivity index (χ0v) is 10.0. The number of carbonyl (C=O) groups excluding carboxylic acids is 1. The van der Waals surface area contributed by atoms with Crippen LogP contribution in [-0.2, 0) is 4.79 Å². The van der Waals surface area contributed by atoms with Crippen LogP contribution >= 0.6 is 0 Å². The van der Waals surface area contributed by atoms with E-state index in [1.165, 1.54) is 0 Å². The molecule has 1 aliphatic rings. The third-order valence-electron chi connectivity index (χ3n) is 2.94. The first kappa shape index (κ1) is 12.1. The minimum absolute atomic E-state index is 0.126. The van der Waals surface area contributed by atoms with Gasteiger partial charge in [-0.2, -0.15) is 0 Å². The third-order valence-corrected chi connectivity index (χ3v) is 2.94. The van der Waals surface area contributed by atoms with Crippen LogP contribution in [0.2, 0.25) is 0 Å². The summed E-state index contributed by atoms with van der Waals surface area (Å²) in [5.41, 5.74) is 0.903. The van der Waals surface area contributed by atoms with Crippen LogP contribution in [0.4, 0.5) is 5.69 Å². The molecule has 0 spiro atoms. The molecule has 0 aromatic heterocycles. The van der Waals surface area contributed by atoms with Gasteiger partial charge in [0.25, 0.3) is 0 Å². The summed E-state index contributed by atoms with van der Waals surface area (Å²) in [7, 11) is 0. The molecule has 2 rings (SSSR count). The molecule has 1 saturated heterocycles. The van der Waals surface area contributed by atoms with Crippen LogP contribution in [0.15, 0.2) is 30.3 Å². The molecule has 1 fully saturated rings. The quantitative estimate of drug-likeness (QED) is 0.853. The van der Waals surface area contributed by atoms with Gasteiger partial charge < -0.3 is 5.11 Å². The van der Waals surface area contributed by atoms with Crippen LogP contribution in [0.25, 0.3) is 0 Å². The van der Waals surface area contributed by atoms with E-state index in [4.69, 9.17) is 5.11 Å². The van der Waals surface area contributed by atoms with Gasteiger partial charge in [0.1, 0.15) is 0 Å². The number of para-hydroxylation sites is 1. The largest absolute Gasteiger partial charge is 0.396 e. The van der Waals surface area contributed by atoms with Crippen LogP contribution in [-0.4, -0.2) is 35.7 Å². The van der Waals surface area contributed by atoms with E-state index in [1.54, 1.807) is 5.01 Å². The molecular weight excluding hydrogens is 216 g/mol. The number of carbonyl (C=O) groups is 1. The van der Waals surface area contributed by atoms with E-state index in [9.17, 15) is 4.79 Å². The zero-order valence-electron chi connectivity index (χ0n) is 10.0. The van der Waals surface area contributed by atoms with Crippen molar-refractivity contribution >= 4 is 11.6 Å². The fraction of sp³-hybridized carbons (Fsp3) is 0.462. The number of hydrogen-bond acceptors (Lipinski definition) is 3. The molecule has 1 atom stereocenters. The number of aliphatic hydroxyl groups excluding tert-OH is 1. The second-order valence-corrected chi connectivity index (χ2v) is 4.49. The molecular formula is C13H18N2O2. The Morgan fingerprint density at radius 2 is 2.06 bits per heavy atom. The summed E-state index contributed by atoms with van der Waals surface area (Å²) in [6.07, 6.45) is 0.549. The minimum atomic E-state index is 0.126. The highest BCUT2D eigenvalue weighted by atomic mass is 16.3. The van der Waals surface area contributed by atoms with Crippen molar-refractivity contribution in [2.45, 2.75) is 13.3 Å². The minimum Gasteiger partial charge on any atom is -0.396 e. The van der Waals surface area contributed by atoms with Crippen molar-refractivity contribution in [2.24, 2.45) is 5.92 Å². The smallest absolute Gasteiger partial charge is 0.242 e. The van der Waals surface area contributed by atoms with Crippen molar-refractivity contribution in [2.75, 3.05) is 24.7 Å². The van der Waals surface area contributed by atoms with Gasteiger partial charge >= 0.3 is 0 Å². The fourth-order valence-corrected chi connectivity index (χ4v) is 2.06. The van der Waals surface area contributed by atoms with Gasteiger partial charge in [-0.25, -0.2) is 10.0 Å². The molecule has 17 heavy (non-hydrogen) atoms. The first-order chi connectivity index (χ1) is 8.22. The number of anilines is 1. The van der Waals surface area contributed by atoms with Gasteiger partial charge in [-0.3, -0.25) is 4.79 Å². The highest BCUT2D eigenvalue weighted by Gasteiger charge is 2.30. The maximum Gasteiger partial charge on any atom is 0.242 e. The van der Waals surface area contributed by atoms with Crippen LogP contribution in [0, 0.1) is 5.92 Å². The summed E-state index contributed by atoms with van der Waals surface area (Å²) in [6, 6.07) is 9.65. The van der Waals surface area contributed by atoms with E-state index in [2.05, 4.69) is 0 Å². The Kier molecular flexibility index (Phi) is 3.76. The predicted octanol–water partition coefficient (Wildman–Crippen LogP) is 1.27. The molecule has 4 heteroatoms. The Bertz CT molecular complexity index is 380. The van der Waals surface area contributed by atoms with Gasteiger partial charge in [-0.05, 0) is 18.1 Å². The number of amides is 1. The van der Waals surface area contributed by atoms with E-state index in [0.29, 0.717) is 13.0 Å². The lowest BCUT2D eigenvalue weighted by Gasteiger charge is -2.29. The Balaban J connectivity index is 2.15. The highest BCUT2D eigenvalue weighted by Crippen LogP contribution is 2.23. The van der Waals surface area contributed by atoms with E-state index >= 15 is 0 Å². The van der Waals surface area contributed by atoms with E-state index < -0.39 is 0 Å². The monoisotopic (exact) mass is 234 g/mol. The average Bonchev–Trinajstić information content (AvgIpc) is 2.71. The number of rotatable bonds is 4. The molecule has 92 valence electrons. The average molecular weight is 234 g/mol. The van der Waals surface area contributed by atoms with Gasteiger partial charge in [-0.15, -0.1) is 0 Å². The molecule has 1 aromatic rings. The number of aliphatic hydroxyl groups is 1. The molecule has 1 aliphatic heterocycles. The second kappa shape index (κ2) is 5.29. The molecule has 0 radical (unpaired) electrons. The fourth-order valence-electron chi connectivity index (χ4n) is 2.06. The van der Waals surface area contributed by atoms with Gasteiger partial charge in [0.2, 0.25) is 5.91 Å². The lowest BCUT2D eigenvalue weighted by molar-refractivity contribution is -0.118. The van der Waals surface area contributed by atoms with Crippen molar-refractivity contribution in [3.8, 4) is 0 Å². The number of hydrogen-bond donors (Lipinski definition) is 1. The highest BCUT2D eigenvalue weighted by molar-refractivity contribution is 5.94. The van der Waals surface area contributed by atoms with Crippen molar-refractivity contribution in [3.05, 3.63) is 30.3 Å². The predicted molar refractivity (Wildman–Crippen MR) is 66.4 cm³/mol. The van der Waals surface area contributed by atoms with Crippen LogP contribution in [0.1, 0.15) is 13.3 Å². The second-order valence-electron chi connectivity index (χ2n) is 4.49. The van der Waals surface area contributed by atoms with Gasteiger partial charge in [0, 0.05) is 26.1 Å². The van der Waals surface area contributed by atoms with E-state index in [1.807, 2.05) is 42.3 Å². The molecule has 0 bridgehead atoms. The van der Waals surface area contributed by atoms with E-state index in [0.717, 1.165) is 12.2 Å². The Labute approximate surface area is 101 Å². The number of benzene rings is 1. The van der Waals surface area contributed by atoms with Gasteiger partial charge in [0.05, 0.1) is 5.69 Å². The molecule has 1 amide bonds. The first-order valence-corrected chi connectivity index (χ1v) is 5.96. The van der Waals surface area contributed by atoms with Gasteiger partial charge in [0.15, 0.2) is 0 Å². The molecule has 1 heterocycles. The molecule has 1 N–H and O–H groups in total. The summed E-state index contributed by atoms with van der Waals surface area (Å²) >= 11 is 0. The first-order valence-electron chi connectivity index (χ1n) is 5.96. The molecule has 1 aromatic carbocycles. The summed E-state index contributed by atoms with van der Waals surface area (Å²) in [4.78, 5) is 11.9. The molecule has 1 unspecified atom stereocenters. The topological polar surface area (TPSA) is 43.8 Å². The van der Waals surface area contributed by atoms with Crippen molar-refractivity contribution in [3.63, 3.8) is 0 Å². The third kappa shape index (κ3) is 2.65. The Hall–Kier alpha value is -1.39. The summed E-state index contributed by atoms with van der Waals surface area (Å²) < 4.78 is 0. The SMILES string of the molecule is CC(CO)CN1CCC(=O)N1c1ccccc1. The summed E-state index contributed by atoms with van der Waals surface area (Å²) in [5.74, 6) is 0.299. The van der Waals surface area contributed by atoms with Crippen molar-refractivity contribution < 1.29 is 9.90 Å². The number of hydrazine groups is 1. The van der Waals surface area contributed by atoms with E-state index in [-0.39, 0.29) is 18.4 Å². The normalized spacial score (nSPS) is 18.7. The lowest BCUT2D eigenvalue weighted by Crippen LogP contribution is -2.42. The molecule has 0 aliphatic carbocycles. The Morgan fingerprint density at radius 1 is 1.35 bits per heavy atom. The maximum absolute atomic E-state index is 11.9. The van der Waals surface area contributed by atoms with Crippen LogP contribution in [0.3, 0.4) is 0 Å². The standard InChI is InChI=1S/C13H18N2O2/c1-11(10-16)9-14-8-7-13(17)15(14)12-5-3-2-4-6-12/h2-6,11,16H,7-10H2,1H3. The molecule has 0 saturated carbocycles. The molecule has 4 nitrogen and oxygen atoms in total. The van der Waals surface area contributed by atoms with Crippen LogP contribution < -0.4 is 5.01 Å². The summed E-state index contributed by atoms with van der Waals surface area (Å²) in [5, 5.41) is 12.8. The van der Waals surface area contributed by atoms with Crippen molar-refractivity contribution in [1.29, 1.82) is 0 Å². The lowest BCUT2D eigenvalue weighted by atomic mass is 10.2. The van der Waals surface area contributed by atoms with Crippen LogP contribution in [0.5, 0.6) is 0 Å². The van der Waals surface area contributed by atoms with Gasteiger partial charge in [-0.1, -0.05) is 25.1 Å². The summed E-state index contributed by atoms with van der Waals surface area (Å²) in [6.45, 7) is 3.56. The maximum atomic E-state index is 11.9. The van der Waals surface area contributed by atoms with Crippen molar-refractivity contribution in [1.82, 2.24) is 5.01 Å².